The molecule has 0 N–H and O–H groups in total. The fourth-order valence-electron chi connectivity index (χ4n) is 5.39. The molecule has 0 aliphatic carbocycles. The lowest BCUT2D eigenvalue weighted by Crippen LogP contribution is -2.40. The summed E-state index contributed by atoms with van der Waals surface area (Å²) in [5.41, 5.74) is 3.04. The topological polar surface area (TPSA) is 82.8 Å². The maximum absolute atomic E-state index is 13.9. The van der Waals surface area contributed by atoms with Gasteiger partial charge in [-0.2, -0.15) is 0 Å². The van der Waals surface area contributed by atoms with E-state index in [2.05, 4.69) is 0 Å². The predicted molar refractivity (Wildman–Crippen MR) is 156 cm³/mol. The predicted octanol–water partition coefficient (Wildman–Crippen LogP) is 4.60. The molecule has 208 valence electrons. The van der Waals surface area contributed by atoms with E-state index in [1.807, 2.05) is 48.2 Å². The van der Waals surface area contributed by atoms with Gasteiger partial charge in [0.1, 0.15) is 0 Å². The highest BCUT2D eigenvalue weighted by Crippen LogP contribution is 2.30. The van der Waals surface area contributed by atoms with Crippen molar-refractivity contribution in [3.63, 3.8) is 0 Å². The van der Waals surface area contributed by atoms with Crippen molar-refractivity contribution in [2.45, 2.75) is 45.7 Å². The van der Waals surface area contributed by atoms with Gasteiger partial charge in [-0.05, 0) is 54.7 Å². The number of aromatic nitrogens is 2. The van der Waals surface area contributed by atoms with Crippen LogP contribution in [-0.2, 0) is 13.1 Å². The summed E-state index contributed by atoms with van der Waals surface area (Å²) in [6, 6.07) is 18.4. The van der Waals surface area contributed by atoms with Gasteiger partial charge in [-0.15, -0.1) is 0 Å². The molecule has 1 aromatic heterocycles. The van der Waals surface area contributed by atoms with E-state index in [-0.39, 0.29) is 12.5 Å². The number of hydrogen-bond donors (Lipinski definition) is 0. The Morgan fingerprint density at radius 1 is 0.800 bits per heavy atom. The van der Waals surface area contributed by atoms with E-state index in [0.717, 1.165) is 55.5 Å². The SMILES string of the molecule is COc1cc2c(=O)n(Cc3ccc(C(=O)N4CCCCCC4)cc3)c(=O)n(Cc3ccccc3C)c2cc1OC. The first kappa shape index (κ1) is 27.2. The minimum absolute atomic E-state index is 0.0259. The summed E-state index contributed by atoms with van der Waals surface area (Å²) < 4.78 is 13.8. The first-order chi connectivity index (χ1) is 19.4. The van der Waals surface area contributed by atoms with Crippen LogP contribution in [0.2, 0.25) is 0 Å². The highest BCUT2D eigenvalue weighted by Gasteiger charge is 2.20. The van der Waals surface area contributed by atoms with Gasteiger partial charge in [0, 0.05) is 24.7 Å². The summed E-state index contributed by atoms with van der Waals surface area (Å²) in [6.07, 6.45) is 4.37. The van der Waals surface area contributed by atoms with E-state index in [4.69, 9.17) is 9.47 Å². The Balaban J connectivity index is 1.56. The fraction of sp³-hybridized carbons (Fsp3) is 0.344. The highest BCUT2D eigenvalue weighted by atomic mass is 16.5. The molecule has 5 rings (SSSR count). The van der Waals surface area contributed by atoms with Crippen molar-refractivity contribution in [3.05, 3.63) is 104 Å². The number of likely N-dealkylation sites (tertiary alicyclic amines) is 1. The minimum Gasteiger partial charge on any atom is -0.493 e. The van der Waals surface area contributed by atoms with Crippen LogP contribution < -0.4 is 20.7 Å². The number of benzene rings is 3. The number of carbonyl (C=O) groups is 1. The van der Waals surface area contributed by atoms with Crippen molar-refractivity contribution in [2.75, 3.05) is 27.3 Å². The zero-order valence-corrected chi connectivity index (χ0v) is 23.3. The summed E-state index contributed by atoms with van der Waals surface area (Å²) in [5, 5.41) is 0.360. The Morgan fingerprint density at radius 2 is 1.45 bits per heavy atom. The number of rotatable bonds is 7. The number of ether oxygens (including phenoxy) is 2. The molecule has 8 nitrogen and oxygen atoms in total. The first-order valence-electron chi connectivity index (χ1n) is 13.7. The Kier molecular flexibility index (Phi) is 8.05. The summed E-state index contributed by atoms with van der Waals surface area (Å²) in [6.45, 7) is 3.93. The molecule has 0 radical (unpaired) electrons. The second-order valence-corrected chi connectivity index (χ2v) is 10.3. The zero-order valence-electron chi connectivity index (χ0n) is 23.3. The first-order valence-corrected chi connectivity index (χ1v) is 13.7. The van der Waals surface area contributed by atoms with Gasteiger partial charge in [-0.1, -0.05) is 49.2 Å². The van der Waals surface area contributed by atoms with Gasteiger partial charge in [-0.3, -0.25) is 18.7 Å². The van der Waals surface area contributed by atoms with E-state index < -0.39 is 11.2 Å². The third kappa shape index (κ3) is 5.39. The van der Waals surface area contributed by atoms with Crippen LogP contribution in [0.1, 0.15) is 52.7 Å². The number of nitrogens with zero attached hydrogens (tertiary/aromatic N) is 3. The Bertz CT molecular complexity index is 1640. The van der Waals surface area contributed by atoms with Gasteiger partial charge in [0.05, 0.1) is 38.2 Å². The van der Waals surface area contributed by atoms with Crippen molar-refractivity contribution < 1.29 is 14.3 Å². The lowest BCUT2D eigenvalue weighted by Gasteiger charge is -2.20. The number of fused-ring (bicyclic) bond motifs is 1. The standard InChI is InChI=1S/C32H35N3O5/c1-22-10-6-7-11-25(22)21-34-27-19-29(40-3)28(39-2)18-26(27)31(37)35(32(34)38)20-23-12-14-24(15-13-23)30(36)33-16-8-4-5-9-17-33/h6-7,10-15,18-19H,4-5,8-9,16-17,20-21H2,1-3H3. The molecule has 0 unspecified atom stereocenters. The van der Waals surface area contributed by atoms with Crippen LogP contribution in [0.5, 0.6) is 11.5 Å². The maximum Gasteiger partial charge on any atom is 0.332 e. The van der Waals surface area contributed by atoms with E-state index >= 15 is 0 Å². The fourth-order valence-corrected chi connectivity index (χ4v) is 5.39. The van der Waals surface area contributed by atoms with Crippen LogP contribution >= 0.6 is 0 Å². The van der Waals surface area contributed by atoms with Gasteiger partial charge >= 0.3 is 5.69 Å². The number of amides is 1. The van der Waals surface area contributed by atoms with Gasteiger partial charge in [0.15, 0.2) is 11.5 Å². The zero-order chi connectivity index (χ0) is 28.2. The largest absolute Gasteiger partial charge is 0.493 e. The van der Waals surface area contributed by atoms with Gasteiger partial charge in [0.2, 0.25) is 0 Å². The van der Waals surface area contributed by atoms with Gasteiger partial charge in [0.25, 0.3) is 11.5 Å². The molecule has 0 saturated carbocycles. The third-order valence-corrected chi connectivity index (χ3v) is 7.75. The van der Waals surface area contributed by atoms with E-state index in [0.29, 0.717) is 34.5 Å². The van der Waals surface area contributed by atoms with Crippen molar-refractivity contribution in [1.29, 1.82) is 0 Å². The summed E-state index contributed by atoms with van der Waals surface area (Å²) in [4.78, 5) is 42.5. The molecule has 8 heteroatoms. The molecule has 1 amide bonds. The Hall–Kier alpha value is -4.33. The second-order valence-electron chi connectivity index (χ2n) is 10.3. The van der Waals surface area contributed by atoms with Crippen molar-refractivity contribution >= 4 is 16.8 Å². The summed E-state index contributed by atoms with van der Waals surface area (Å²) in [5.74, 6) is 0.879. The monoisotopic (exact) mass is 541 g/mol. The molecule has 3 aromatic carbocycles. The molecule has 1 saturated heterocycles. The molecule has 40 heavy (non-hydrogen) atoms. The summed E-state index contributed by atoms with van der Waals surface area (Å²) >= 11 is 0. The van der Waals surface area contributed by atoms with Crippen LogP contribution in [-0.4, -0.2) is 47.3 Å². The Morgan fingerprint density at radius 3 is 2.10 bits per heavy atom. The lowest BCUT2D eigenvalue weighted by atomic mass is 10.1. The average molecular weight is 542 g/mol. The number of methoxy groups -OCH3 is 2. The van der Waals surface area contributed by atoms with Crippen molar-refractivity contribution in [1.82, 2.24) is 14.0 Å². The number of hydrogen-bond acceptors (Lipinski definition) is 5. The van der Waals surface area contributed by atoms with Crippen LogP contribution in [0.4, 0.5) is 0 Å². The minimum atomic E-state index is -0.419. The molecule has 1 fully saturated rings. The molecule has 2 heterocycles. The van der Waals surface area contributed by atoms with E-state index in [9.17, 15) is 14.4 Å². The second kappa shape index (κ2) is 11.8. The van der Waals surface area contributed by atoms with Gasteiger partial charge < -0.3 is 14.4 Å². The maximum atomic E-state index is 13.9. The van der Waals surface area contributed by atoms with Crippen molar-refractivity contribution in [3.8, 4) is 11.5 Å². The highest BCUT2D eigenvalue weighted by molar-refractivity contribution is 5.94. The van der Waals surface area contributed by atoms with Crippen LogP contribution in [0.15, 0.2) is 70.3 Å². The quantitative estimate of drug-likeness (QED) is 0.342. The molecule has 1 aliphatic rings. The van der Waals surface area contributed by atoms with Crippen molar-refractivity contribution in [2.24, 2.45) is 0 Å². The smallest absolute Gasteiger partial charge is 0.332 e. The number of carbonyl (C=O) groups excluding carboxylic acids is 1. The van der Waals surface area contributed by atoms with E-state index in [1.165, 1.54) is 18.8 Å². The normalized spacial score (nSPS) is 13.7. The molecule has 1 aliphatic heterocycles. The van der Waals surface area contributed by atoms with Gasteiger partial charge in [-0.25, -0.2) is 4.79 Å². The molecule has 0 bridgehead atoms. The van der Waals surface area contributed by atoms with E-state index in [1.54, 1.807) is 28.8 Å². The molecular formula is C32H35N3O5. The molecule has 4 aromatic rings. The Labute approximate surface area is 233 Å². The van der Waals surface area contributed by atoms with Crippen LogP contribution in [0, 0.1) is 6.92 Å². The van der Waals surface area contributed by atoms with Crippen LogP contribution in [0.3, 0.4) is 0 Å². The molecule has 0 atom stereocenters. The van der Waals surface area contributed by atoms with Crippen LogP contribution in [0.25, 0.3) is 10.9 Å². The number of aryl methyl sites for hydroxylation is 1. The average Bonchev–Trinajstić information content (AvgIpc) is 3.27. The summed E-state index contributed by atoms with van der Waals surface area (Å²) in [7, 11) is 3.04. The third-order valence-electron chi connectivity index (χ3n) is 7.75. The lowest BCUT2D eigenvalue weighted by molar-refractivity contribution is 0.0761. The molecule has 0 spiro atoms. The molecular weight excluding hydrogens is 506 g/mol.